The van der Waals surface area contributed by atoms with Crippen molar-refractivity contribution in [3.05, 3.63) is 75.8 Å². The van der Waals surface area contributed by atoms with E-state index in [4.69, 9.17) is 27.9 Å². The van der Waals surface area contributed by atoms with Crippen molar-refractivity contribution >= 4 is 29.1 Å². The molecule has 0 saturated carbocycles. The zero-order valence-corrected chi connectivity index (χ0v) is 20.9. The lowest BCUT2D eigenvalue weighted by atomic mass is 9.98. The van der Waals surface area contributed by atoms with Crippen LogP contribution >= 0.6 is 23.2 Å². The van der Waals surface area contributed by atoms with E-state index in [1.165, 1.54) is 18.2 Å². The van der Waals surface area contributed by atoms with E-state index in [1.54, 1.807) is 41.3 Å². The number of amides is 1. The summed E-state index contributed by atoms with van der Waals surface area (Å²) in [6, 6.07) is 14.4. The highest BCUT2D eigenvalue weighted by Gasteiger charge is 2.18. The normalized spacial score (nSPS) is 13.6. The largest absolute Gasteiger partial charge is 0.507 e. The van der Waals surface area contributed by atoms with Crippen LogP contribution < -0.4 is 9.47 Å². The molecule has 0 aromatic heterocycles. The first-order valence-electron chi connectivity index (χ1n) is 11.6. The molecule has 3 aromatic carbocycles. The average molecular weight is 536 g/mol. The quantitative estimate of drug-likeness (QED) is 0.339. The number of carbonyl (C=O) groups excluding carboxylic acids is 1. The SMILES string of the molecule is O=C(COc1cc(Cl)c(Cc2ccc(O)c(-c3cccc(OC(F)F)c3)c2)c(Cl)c1)N1CCCCC1. The second kappa shape index (κ2) is 11.8. The molecule has 0 unspecified atom stereocenters. The number of likely N-dealkylation sites (tertiary alicyclic amines) is 1. The highest BCUT2D eigenvalue weighted by atomic mass is 35.5. The Morgan fingerprint density at radius 1 is 0.972 bits per heavy atom. The maximum atomic E-state index is 12.6. The van der Waals surface area contributed by atoms with E-state index < -0.39 is 6.61 Å². The number of hydrogen-bond donors (Lipinski definition) is 1. The Hall–Kier alpha value is -3.03. The highest BCUT2D eigenvalue weighted by molar-refractivity contribution is 6.36. The van der Waals surface area contributed by atoms with Crippen LogP contribution in [0, 0.1) is 0 Å². The van der Waals surface area contributed by atoms with Crippen LogP contribution in [0.3, 0.4) is 0 Å². The summed E-state index contributed by atoms with van der Waals surface area (Å²) in [5, 5.41) is 11.1. The molecule has 0 spiro atoms. The summed E-state index contributed by atoms with van der Waals surface area (Å²) in [6.45, 7) is -1.53. The minimum absolute atomic E-state index is 0.00671. The smallest absolute Gasteiger partial charge is 0.387 e. The Morgan fingerprint density at radius 3 is 2.39 bits per heavy atom. The van der Waals surface area contributed by atoms with Crippen molar-refractivity contribution in [2.45, 2.75) is 32.3 Å². The third-order valence-corrected chi connectivity index (χ3v) is 6.67. The minimum atomic E-state index is -2.95. The summed E-state index contributed by atoms with van der Waals surface area (Å²) < 4.78 is 35.3. The number of halogens is 4. The van der Waals surface area contributed by atoms with Gasteiger partial charge in [-0.1, -0.05) is 41.4 Å². The number of aromatic hydroxyl groups is 1. The first-order valence-corrected chi connectivity index (χ1v) is 12.3. The van der Waals surface area contributed by atoms with Crippen molar-refractivity contribution < 1.29 is 28.2 Å². The molecule has 1 heterocycles. The lowest BCUT2D eigenvalue weighted by Crippen LogP contribution is -2.38. The van der Waals surface area contributed by atoms with E-state index in [0.717, 1.165) is 37.9 Å². The summed E-state index contributed by atoms with van der Waals surface area (Å²) in [5.41, 5.74) is 2.42. The molecule has 9 heteroatoms. The molecule has 1 aliphatic heterocycles. The molecule has 1 saturated heterocycles. The third-order valence-electron chi connectivity index (χ3n) is 6.00. The molecular weight excluding hydrogens is 511 g/mol. The van der Waals surface area contributed by atoms with Crippen LogP contribution in [0.1, 0.15) is 30.4 Å². The molecule has 0 atom stereocenters. The zero-order valence-electron chi connectivity index (χ0n) is 19.4. The molecule has 36 heavy (non-hydrogen) atoms. The molecule has 1 fully saturated rings. The van der Waals surface area contributed by atoms with Gasteiger partial charge in [0, 0.05) is 35.1 Å². The van der Waals surface area contributed by atoms with Gasteiger partial charge in [-0.15, -0.1) is 0 Å². The fraction of sp³-hybridized carbons (Fsp3) is 0.296. The molecule has 1 amide bonds. The number of ether oxygens (including phenoxy) is 2. The molecule has 0 bridgehead atoms. The fourth-order valence-electron chi connectivity index (χ4n) is 4.18. The number of benzene rings is 3. The van der Waals surface area contributed by atoms with E-state index in [1.807, 2.05) is 0 Å². The molecule has 4 rings (SSSR count). The lowest BCUT2D eigenvalue weighted by molar-refractivity contribution is -0.134. The summed E-state index contributed by atoms with van der Waals surface area (Å²) in [4.78, 5) is 14.2. The van der Waals surface area contributed by atoms with Gasteiger partial charge in [0.05, 0.1) is 0 Å². The first-order chi connectivity index (χ1) is 17.3. The average Bonchev–Trinajstić information content (AvgIpc) is 2.86. The topological polar surface area (TPSA) is 59.0 Å². The summed E-state index contributed by atoms with van der Waals surface area (Å²) in [6.07, 6.45) is 3.50. The Kier molecular flexibility index (Phi) is 8.54. The van der Waals surface area contributed by atoms with Crippen LogP contribution in [0.15, 0.2) is 54.6 Å². The molecule has 1 aliphatic rings. The molecule has 0 aliphatic carbocycles. The van der Waals surface area contributed by atoms with Gasteiger partial charge in [-0.05, 0) is 72.4 Å². The Morgan fingerprint density at radius 2 is 1.69 bits per heavy atom. The minimum Gasteiger partial charge on any atom is -0.507 e. The van der Waals surface area contributed by atoms with E-state index in [-0.39, 0.29) is 24.0 Å². The van der Waals surface area contributed by atoms with E-state index in [2.05, 4.69) is 4.74 Å². The van der Waals surface area contributed by atoms with Crippen molar-refractivity contribution in [2.24, 2.45) is 0 Å². The van der Waals surface area contributed by atoms with Crippen molar-refractivity contribution in [1.82, 2.24) is 4.90 Å². The van der Waals surface area contributed by atoms with E-state index in [0.29, 0.717) is 38.9 Å². The monoisotopic (exact) mass is 535 g/mol. The Labute approximate surface area is 218 Å². The number of carbonyl (C=O) groups is 1. The lowest BCUT2D eigenvalue weighted by Gasteiger charge is -2.26. The van der Waals surface area contributed by atoms with Gasteiger partial charge in [-0.3, -0.25) is 4.79 Å². The van der Waals surface area contributed by atoms with Crippen LogP contribution in [0.2, 0.25) is 10.0 Å². The van der Waals surface area contributed by atoms with Crippen LogP contribution in [0.4, 0.5) is 8.78 Å². The van der Waals surface area contributed by atoms with Crippen LogP contribution in [-0.4, -0.2) is 42.2 Å². The zero-order chi connectivity index (χ0) is 25.7. The second-order valence-corrected chi connectivity index (χ2v) is 9.34. The van der Waals surface area contributed by atoms with Crippen LogP contribution in [-0.2, 0) is 11.2 Å². The number of rotatable bonds is 8. The van der Waals surface area contributed by atoms with Gasteiger partial charge in [0.25, 0.3) is 5.91 Å². The Bertz CT molecular complexity index is 1210. The number of nitrogens with zero attached hydrogens (tertiary/aromatic N) is 1. The van der Waals surface area contributed by atoms with Gasteiger partial charge in [0.1, 0.15) is 17.2 Å². The number of alkyl halides is 2. The molecule has 0 radical (unpaired) electrons. The molecule has 1 N–H and O–H groups in total. The summed E-state index contributed by atoms with van der Waals surface area (Å²) in [7, 11) is 0. The maximum Gasteiger partial charge on any atom is 0.387 e. The van der Waals surface area contributed by atoms with Gasteiger partial charge in [-0.2, -0.15) is 8.78 Å². The van der Waals surface area contributed by atoms with E-state index >= 15 is 0 Å². The van der Waals surface area contributed by atoms with Gasteiger partial charge in [-0.25, -0.2) is 0 Å². The van der Waals surface area contributed by atoms with Gasteiger partial charge >= 0.3 is 6.61 Å². The summed E-state index contributed by atoms with van der Waals surface area (Å²) in [5.74, 6) is 0.326. The molecule has 3 aromatic rings. The predicted octanol–water partition coefficient (Wildman–Crippen LogP) is 6.95. The molecular formula is C27H25Cl2F2NO4. The van der Waals surface area contributed by atoms with Crippen molar-refractivity contribution in [2.75, 3.05) is 19.7 Å². The van der Waals surface area contributed by atoms with Crippen LogP contribution in [0.5, 0.6) is 17.2 Å². The van der Waals surface area contributed by atoms with Crippen LogP contribution in [0.25, 0.3) is 11.1 Å². The van der Waals surface area contributed by atoms with Gasteiger partial charge in [0.15, 0.2) is 6.61 Å². The van der Waals surface area contributed by atoms with Crippen molar-refractivity contribution in [1.29, 1.82) is 0 Å². The van der Waals surface area contributed by atoms with Gasteiger partial charge < -0.3 is 19.5 Å². The first kappa shape index (κ1) is 26.0. The molecule has 5 nitrogen and oxygen atoms in total. The van der Waals surface area contributed by atoms with E-state index in [9.17, 15) is 18.7 Å². The highest BCUT2D eigenvalue weighted by Crippen LogP contribution is 2.36. The Balaban J connectivity index is 1.49. The third kappa shape index (κ3) is 6.59. The molecule has 190 valence electrons. The number of hydrogen-bond acceptors (Lipinski definition) is 4. The second-order valence-electron chi connectivity index (χ2n) is 8.53. The van der Waals surface area contributed by atoms with Gasteiger partial charge in [0.2, 0.25) is 0 Å². The van der Waals surface area contributed by atoms with Crippen molar-refractivity contribution in [3.8, 4) is 28.4 Å². The number of piperidine rings is 1. The fourth-order valence-corrected chi connectivity index (χ4v) is 4.78. The van der Waals surface area contributed by atoms with Crippen molar-refractivity contribution in [3.63, 3.8) is 0 Å². The number of phenols is 1. The predicted molar refractivity (Wildman–Crippen MR) is 135 cm³/mol. The standard InChI is InChI=1S/C27H25Cl2F2NO4/c28-23-14-20(35-16-26(34)32-9-2-1-3-10-32)15-24(29)22(23)12-17-7-8-25(33)21(11-17)18-5-4-6-19(13-18)36-27(30)31/h4-8,11,13-15,27,33H,1-3,9-10,12,16H2. The maximum absolute atomic E-state index is 12.6. The number of phenolic OH excluding ortho intramolecular Hbond substituents is 1. The summed E-state index contributed by atoms with van der Waals surface area (Å²) >= 11 is 13.0.